The van der Waals surface area contributed by atoms with Crippen molar-refractivity contribution in [2.24, 2.45) is 0 Å². The minimum absolute atomic E-state index is 0.112. The number of β-amino-alcohol motifs (C(OH)–C–C–N with tert-alkyl or cyclic N) is 1. The lowest BCUT2D eigenvalue weighted by Crippen LogP contribution is -2.60. The second kappa shape index (κ2) is 4.35. The van der Waals surface area contributed by atoms with Crippen LogP contribution in [0.4, 0.5) is 0 Å². The molecule has 1 aliphatic rings. The van der Waals surface area contributed by atoms with Crippen LogP contribution < -0.4 is 5.32 Å². The molecule has 0 aromatic heterocycles. The maximum absolute atomic E-state index is 11.4. The molecule has 0 atom stereocenters. The lowest BCUT2D eigenvalue weighted by molar-refractivity contribution is -0.00907. The van der Waals surface area contributed by atoms with Crippen molar-refractivity contribution in [3.8, 4) is 5.75 Å². The highest BCUT2D eigenvalue weighted by atomic mass is 16.5. The Morgan fingerprint density at radius 2 is 2.24 bits per heavy atom. The molecule has 92 valence electrons. The number of carbonyl (C=O) groups is 1. The molecule has 0 saturated carbocycles. The summed E-state index contributed by atoms with van der Waals surface area (Å²) in [5, 5.41) is 22.5. The zero-order chi connectivity index (χ0) is 12.5. The predicted octanol–water partition coefficient (Wildman–Crippen LogP) is 0.0556. The SMILES string of the molecule is COC(=O)c1cc(CC2(O)CNC2)ccc1O. The van der Waals surface area contributed by atoms with Crippen molar-refractivity contribution < 1.29 is 19.7 Å². The summed E-state index contributed by atoms with van der Waals surface area (Å²) in [5.41, 5.74) is 0.178. The first kappa shape index (κ1) is 11.9. The van der Waals surface area contributed by atoms with Crippen molar-refractivity contribution in [1.29, 1.82) is 0 Å². The van der Waals surface area contributed by atoms with Crippen LogP contribution in [0.5, 0.6) is 5.75 Å². The molecule has 17 heavy (non-hydrogen) atoms. The van der Waals surface area contributed by atoms with Crippen molar-refractivity contribution in [3.63, 3.8) is 0 Å². The van der Waals surface area contributed by atoms with Gasteiger partial charge in [-0.2, -0.15) is 0 Å². The highest BCUT2D eigenvalue weighted by Gasteiger charge is 2.34. The molecule has 1 aliphatic heterocycles. The molecule has 0 amide bonds. The van der Waals surface area contributed by atoms with Crippen LogP contribution in [0.2, 0.25) is 0 Å². The van der Waals surface area contributed by atoms with Crippen LogP contribution in [-0.2, 0) is 11.2 Å². The van der Waals surface area contributed by atoms with Gasteiger partial charge in [0.15, 0.2) is 0 Å². The largest absolute Gasteiger partial charge is 0.507 e. The normalized spacial score (nSPS) is 17.3. The van der Waals surface area contributed by atoms with Gasteiger partial charge < -0.3 is 20.3 Å². The molecular formula is C12H15NO4. The Morgan fingerprint density at radius 3 is 2.76 bits per heavy atom. The molecule has 5 heteroatoms. The molecule has 0 aliphatic carbocycles. The number of carbonyl (C=O) groups excluding carboxylic acids is 1. The van der Waals surface area contributed by atoms with Gasteiger partial charge in [-0.05, 0) is 17.7 Å². The standard InChI is InChI=1S/C12H15NO4/c1-17-11(15)9-4-8(2-3-10(9)14)5-12(16)6-13-7-12/h2-4,13-14,16H,5-7H2,1H3. The summed E-state index contributed by atoms with van der Waals surface area (Å²) in [6.45, 7) is 1.09. The molecule has 0 unspecified atom stereocenters. The number of phenols is 1. The highest BCUT2D eigenvalue weighted by molar-refractivity contribution is 5.92. The van der Waals surface area contributed by atoms with Crippen LogP contribution >= 0.6 is 0 Å². The molecule has 0 spiro atoms. The fourth-order valence-electron chi connectivity index (χ4n) is 1.89. The van der Waals surface area contributed by atoms with E-state index in [1.54, 1.807) is 12.1 Å². The summed E-state index contributed by atoms with van der Waals surface area (Å²) in [7, 11) is 1.26. The van der Waals surface area contributed by atoms with Gasteiger partial charge in [0.1, 0.15) is 11.3 Å². The van der Waals surface area contributed by atoms with Gasteiger partial charge in [0, 0.05) is 19.5 Å². The van der Waals surface area contributed by atoms with E-state index in [-0.39, 0.29) is 11.3 Å². The molecule has 1 fully saturated rings. The van der Waals surface area contributed by atoms with Crippen LogP contribution in [0.3, 0.4) is 0 Å². The van der Waals surface area contributed by atoms with Crippen molar-refractivity contribution in [3.05, 3.63) is 29.3 Å². The van der Waals surface area contributed by atoms with Crippen LogP contribution in [0.25, 0.3) is 0 Å². The molecule has 1 heterocycles. The van der Waals surface area contributed by atoms with Gasteiger partial charge in [0.25, 0.3) is 0 Å². The zero-order valence-corrected chi connectivity index (χ0v) is 9.56. The highest BCUT2D eigenvalue weighted by Crippen LogP contribution is 2.23. The van der Waals surface area contributed by atoms with E-state index in [2.05, 4.69) is 10.1 Å². The number of aliphatic hydroxyl groups is 1. The van der Waals surface area contributed by atoms with Crippen molar-refractivity contribution >= 4 is 5.97 Å². The van der Waals surface area contributed by atoms with Crippen molar-refractivity contribution in [1.82, 2.24) is 5.32 Å². The van der Waals surface area contributed by atoms with Gasteiger partial charge in [-0.15, -0.1) is 0 Å². The Labute approximate surface area is 99.0 Å². The summed E-state index contributed by atoms with van der Waals surface area (Å²) in [5.74, 6) is -0.692. The van der Waals surface area contributed by atoms with Gasteiger partial charge in [-0.25, -0.2) is 4.79 Å². The third kappa shape index (κ3) is 2.40. The molecular weight excluding hydrogens is 222 g/mol. The summed E-state index contributed by atoms with van der Waals surface area (Å²) in [4.78, 5) is 11.4. The smallest absolute Gasteiger partial charge is 0.341 e. The first-order chi connectivity index (χ1) is 8.04. The van der Waals surface area contributed by atoms with E-state index in [0.717, 1.165) is 5.56 Å². The average Bonchev–Trinajstić information content (AvgIpc) is 2.28. The molecule has 1 aromatic rings. The Bertz CT molecular complexity index is 440. The van der Waals surface area contributed by atoms with E-state index in [4.69, 9.17) is 0 Å². The predicted molar refractivity (Wildman–Crippen MR) is 61.0 cm³/mol. The summed E-state index contributed by atoms with van der Waals surface area (Å²) in [6, 6.07) is 4.69. The minimum atomic E-state index is -0.746. The summed E-state index contributed by atoms with van der Waals surface area (Å²) < 4.78 is 4.57. The summed E-state index contributed by atoms with van der Waals surface area (Å²) >= 11 is 0. The third-order valence-corrected chi connectivity index (χ3v) is 2.91. The van der Waals surface area contributed by atoms with Crippen molar-refractivity contribution in [2.75, 3.05) is 20.2 Å². The number of benzene rings is 1. The van der Waals surface area contributed by atoms with Gasteiger partial charge in [-0.1, -0.05) is 6.07 Å². The van der Waals surface area contributed by atoms with E-state index in [9.17, 15) is 15.0 Å². The minimum Gasteiger partial charge on any atom is -0.507 e. The van der Waals surface area contributed by atoms with E-state index in [0.29, 0.717) is 19.5 Å². The van der Waals surface area contributed by atoms with E-state index in [1.807, 2.05) is 0 Å². The fraction of sp³-hybridized carbons (Fsp3) is 0.417. The average molecular weight is 237 g/mol. The number of esters is 1. The number of methoxy groups -OCH3 is 1. The van der Waals surface area contributed by atoms with Crippen molar-refractivity contribution in [2.45, 2.75) is 12.0 Å². The second-order valence-corrected chi connectivity index (χ2v) is 4.35. The molecule has 2 rings (SSSR count). The topological polar surface area (TPSA) is 78.8 Å². The first-order valence-electron chi connectivity index (χ1n) is 5.37. The number of ether oxygens (including phenoxy) is 1. The maximum atomic E-state index is 11.4. The molecule has 1 aromatic carbocycles. The maximum Gasteiger partial charge on any atom is 0.341 e. The summed E-state index contributed by atoms with van der Waals surface area (Å²) in [6.07, 6.45) is 0.449. The first-order valence-corrected chi connectivity index (χ1v) is 5.37. The Balaban J connectivity index is 2.21. The lowest BCUT2D eigenvalue weighted by Gasteiger charge is -2.37. The Kier molecular flexibility index (Phi) is 3.04. The lowest BCUT2D eigenvalue weighted by atomic mass is 9.88. The number of hydrogen-bond acceptors (Lipinski definition) is 5. The Morgan fingerprint density at radius 1 is 1.53 bits per heavy atom. The third-order valence-electron chi connectivity index (χ3n) is 2.91. The van der Waals surface area contributed by atoms with Crippen LogP contribution in [0.15, 0.2) is 18.2 Å². The quantitative estimate of drug-likeness (QED) is 0.648. The number of hydrogen-bond donors (Lipinski definition) is 3. The fourth-order valence-corrected chi connectivity index (χ4v) is 1.89. The van der Waals surface area contributed by atoms with Crippen LogP contribution in [0, 0.1) is 0 Å². The van der Waals surface area contributed by atoms with Gasteiger partial charge >= 0.3 is 5.97 Å². The van der Waals surface area contributed by atoms with Gasteiger partial charge in [-0.3, -0.25) is 0 Å². The molecule has 0 bridgehead atoms. The second-order valence-electron chi connectivity index (χ2n) is 4.35. The molecule has 0 radical (unpaired) electrons. The molecule has 3 N–H and O–H groups in total. The van der Waals surface area contributed by atoms with Gasteiger partial charge in [0.2, 0.25) is 0 Å². The van der Waals surface area contributed by atoms with Crippen LogP contribution in [0.1, 0.15) is 15.9 Å². The number of rotatable bonds is 3. The van der Waals surface area contributed by atoms with E-state index in [1.165, 1.54) is 13.2 Å². The monoisotopic (exact) mass is 237 g/mol. The van der Waals surface area contributed by atoms with E-state index < -0.39 is 11.6 Å². The molecule has 5 nitrogen and oxygen atoms in total. The number of nitrogens with one attached hydrogen (secondary N) is 1. The van der Waals surface area contributed by atoms with E-state index >= 15 is 0 Å². The molecule has 1 saturated heterocycles. The zero-order valence-electron chi connectivity index (χ0n) is 9.56. The Hall–Kier alpha value is -1.59. The van der Waals surface area contributed by atoms with Gasteiger partial charge in [0.05, 0.1) is 12.7 Å². The number of aromatic hydroxyl groups is 1. The van der Waals surface area contributed by atoms with Crippen LogP contribution in [-0.4, -0.2) is 42.0 Å². The number of phenolic OH excluding ortho intramolecular Hbond substituents is 1.